The van der Waals surface area contributed by atoms with Crippen molar-refractivity contribution >= 4 is 6.29 Å². The van der Waals surface area contributed by atoms with Crippen LogP contribution in [0.25, 0.3) is 0 Å². The Kier molecular flexibility index (Phi) is 8.68. The maximum Gasteiger partial charge on any atom is 1.00 e. The molecule has 0 heterocycles. The Labute approximate surface area is 91.4 Å². The van der Waals surface area contributed by atoms with Crippen molar-refractivity contribution in [1.82, 2.24) is 0 Å². The molecule has 0 fully saturated rings. The minimum atomic E-state index is 0. The molecular weight excluding hydrogens is 131 g/mol. The summed E-state index contributed by atoms with van der Waals surface area (Å²) in [4.78, 5) is 9.60. The van der Waals surface area contributed by atoms with Gasteiger partial charge in [0.2, 0.25) is 0 Å². The molecule has 0 rings (SSSR count). The van der Waals surface area contributed by atoms with Gasteiger partial charge in [0, 0.05) is 0 Å². The molecule has 0 bridgehead atoms. The Morgan fingerprint density at radius 1 is 1.50 bits per heavy atom. The van der Waals surface area contributed by atoms with E-state index in [0.717, 1.165) is 0 Å². The first-order chi connectivity index (χ1) is 3.18. The third-order valence-corrected chi connectivity index (χ3v) is 0.696. The van der Waals surface area contributed by atoms with Crippen LogP contribution in [-0.2, 0) is 4.79 Å². The first-order valence-electron chi connectivity index (χ1n) is 1.93. The first kappa shape index (κ1) is 11.6. The van der Waals surface area contributed by atoms with Gasteiger partial charge in [0.15, 0.2) is 0 Å². The first-order valence-corrected chi connectivity index (χ1v) is 1.93. The van der Waals surface area contributed by atoms with Gasteiger partial charge in [-0.05, 0) is 6.29 Å². The Hall–Kier alpha value is 0.846. The molecule has 1 N–H and O–H groups in total. The van der Waals surface area contributed by atoms with Crippen LogP contribution in [0.1, 0.15) is 13.8 Å². The number of aliphatic hydroxyl groups excluding tert-OH is 1. The van der Waals surface area contributed by atoms with Crippen LogP contribution >= 0.6 is 0 Å². The summed E-state index contributed by atoms with van der Waals surface area (Å²) in [7, 11) is 0. The molecule has 0 atom stereocenters. The van der Waals surface area contributed by atoms with Crippen molar-refractivity contribution in [3.63, 3.8) is 0 Å². The molecule has 0 aliphatic heterocycles. The molecule has 0 saturated carbocycles. The van der Waals surface area contributed by atoms with E-state index in [1.165, 1.54) is 13.8 Å². The number of hydrogen-bond acceptors (Lipinski definition) is 2. The number of hydrogen-bond donors (Lipinski definition) is 1. The predicted molar refractivity (Wildman–Crippen MR) is 26.7 cm³/mol. The van der Waals surface area contributed by atoms with Crippen LogP contribution in [0.4, 0.5) is 0 Å². The van der Waals surface area contributed by atoms with E-state index in [-0.39, 0.29) is 62.7 Å². The second-order valence-electron chi connectivity index (χ2n) is 1.31. The van der Waals surface area contributed by atoms with Gasteiger partial charge in [-0.15, -0.1) is 5.57 Å². The van der Waals surface area contributed by atoms with E-state index in [0.29, 0.717) is 0 Å². The third-order valence-electron chi connectivity index (χ3n) is 0.696. The molecule has 3 heteroatoms. The van der Waals surface area contributed by atoms with Crippen molar-refractivity contribution in [2.45, 2.75) is 13.8 Å². The van der Waals surface area contributed by atoms with Crippen molar-refractivity contribution < 1.29 is 61.3 Å². The SMILES string of the molecule is C/C(O)=C(\C)[C-]=O.[K+]. The van der Waals surface area contributed by atoms with E-state index in [9.17, 15) is 4.79 Å². The zero-order valence-electron chi connectivity index (χ0n) is 5.36. The number of rotatable bonds is 1. The molecule has 0 spiro atoms. The Morgan fingerprint density at radius 3 is 1.88 bits per heavy atom. The van der Waals surface area contributed by atoms with Gasteiger partial charge in [-0.3, -0.25) is 0 Å². The molecule has 0 aromatic rings. The molecule has 0 amide bonds. The minimum absolute atomic E-state index is 0. The van der Waals surface area contributed by atoms with Gasteiger partial charge >= 0.3 is 51.4 Å². The summed E-state index contributed by atoms with van der Waals surface area (Å²) in [5, 5.41) is 8.44. The largest absolute Gasteiger partial charge is 1.00 e. The average Bonchev–Trinajstić information content (AvgIpc) is 1.65. The van der Waals surface area contributed by atoms with E-state index in [2.05, 4.69) is 0 Å². The summed E-state index contributed by atoms with van der Waals surface area (Å²) in [5.74, 6) is 0.0370. The van der Waals surface area contributed by atoms with E-state index in [4.69, 9.17) is 5.11 Å². The molecule has 0 aromatic heterocycles. The van der Waals surface area contributed by atoms with E-state index >= 15 is 0 Å². The van der Waals surface area contributed by atoms with E-state index < -0.39 is 0 Å². The number of allylic oxidation sites excluding steroid dienone is 2. The number of aliphatic hydroxyl groups is 1. The Bertz CT molecular complexity index is 103. The summed E-state index contributed by atoms with van der Waals surface area (Å²) >= 11 is 0. The molecular formula is C5H7KO2. The topological polar surface area (TPSA) is 37.3 Å². The van der Waals surface area contributed by atoms with Crippen molar-refractivity contribution in [2.24, 2.45) is 0 Å². The van der Waals surface area contributed by atoms with E-state index in [1.807, 2.05) is 0 Å². The van der Waals surface area contributed by atoms with Crippen molar-refractivity contribution in [3.05, 3.63) is 11.3 Å². The Morgan fingerprint density at radius 2 is 1.88 bits per heavy atom. The van der Waals surface area contributed by atoms with Gasteiger partial charge in [0.05, 0.1) is 0 Å². The van der Waals surface area contributed by atoms with Gasteiger partial charge in [-0.1, -0.05) is 19.6 Å². The van der Waals surface area contributed by atoms with Crippen LogP contribution in [0, 0.1) is 0 Å². The predicted octanol–water partition coefficient (Wildman–Crippen LogP) is -2.05. The summed E-state index contributed by atoms with van der Waals surface area (Å²) < 4.78 is 0. The smallest absolute Gasteiger partial charge is 0.596 e. The molecule has 0 saturated heterocycles. The van der Waals surface area contributed by atoms with Crippen LogP contribution in [0.15, 0.2) is 11.3 Å². The summed E-state index contributed by atoms with van der Waals surface area (Å²) in [5.41, 5.74) is 0.264. The molecule has 40 valence electrons. The van der Waals surface area contributed by atoms with Gasteiger partial charge in [-0.2, -0.15) is 0 Å². The summed E-state index contributed by atoms with van der Waals surface area (Å²) in [6.45, 7) is 2.95. The average molecular weight is 138 g/mol. The van der Waals surface area contributed by atoms with Crippen molar-refractivity contribution in [1.29, 1.82) is 0 Å². The van der Waals surface area contributed by atoms with Crippen molar-refractivity contribution in [3.8, 4) is 0 Å². The molecule has 0 unspecified atom stereocenters. The van der Waals surface area contributed by atoms with Crippen molar-refractivity contribution in [2.75, 3.05) is 0 Å². The van der Waals surface area contributed by atoms with E-state index in [1.54, 1.807) is 6.29 Å². The molecule has 0 radical (unpaired) electrons. The van der Waals surface area contributed by atoms with Crippen LogP contribution in [-0.4, -0.2) is 11.4 Å². The zero-order chi connectivity index (χ0) is 5.86. The summed E-state index contributed by atoms with van der Waals surface area (Å²) in [6.07, 6.45) is 1.54. The van der Waals surface area contributed by atoms with Crippen LogP contribution < -0.4 is 51.4 Å². The third kappa shape index (κ3) is 4.99. The maximum atomic E-state index is 9.60. The molecule has 0 aliphatic carbocycles. The monoisotopic (exact) mass is 138 g/mol. The molecule has 0 aromatic carbocycles. The van der Waals surface area contributed by atoms with Crippen LogP contribution in [0.2, 0.25) is 0 Å². The van der Waals surface area contributed by atoms with Gasteiger partial charge in [0.25, 0.3) is 0 Å². The fourth-order valence-corrected chi connectivity index (χ4v) is 0.0739. The van der Waals surface area contributed by atoms with Gasteiger partial charge in [-0.25, -0.2) is 0 Å². The quantitative estimate of drug-likeness (QED) is 0.196. The fraction of sp³-hybridized carbons (Fsp3) is 0.400. The standard InChI is InChI=1S/C5H7O2.K/c1-4(3-6)5(2)7;/h7H,1-2H3;/q-1;+1/b5-4-;. The zero-order valence-corrected chi connectivity index (χ0v) is 8.48. The van der Waals surface area contributed by atoms with Crippen LogP contribution in [0.5, 0.6) is 0 Å². The van der Waals surface area contributed by atoms with Gasteiger partial charge in [0.1, 0.15) is 0 Å². The molecule has 8 heavy (non-hydrogen) atoms. The normalized spacial score (nSPS) is 11.2. The molecule has 2 nitrogen and oxygen atoms in total. The summed E-state index contributed by atoms with van der Waals surface area (Å²) in [6, 6.07) is 0. The fourth-order valence-electron chi connectivity index (χ4n) is 0.0739. The minimum Gasteiger partial charge on any atom is -0.596 e. The van der Waals surface area contributed by atoms with Crippen LogP contribution in [0.3, 0.4) is 0 Å². The van der Waals surface area contributed by atoms with Gasteiger partial charge < -0.3 is 9.90 Å². The maximum absolute atomic E-state index is 9.60. The molecule has 0 aliphatic rings. The number of carbonyl (C=O) groups excluding carboxylic acids is 1. The second kappa shape index (κ2) is 5.97. The Balaban J connectivity index is 0. The second-order valence-corrected chi connectivity index (χ2v) is 1.31.